The van der Waals surface area contributed by atoms with E-state index in [9.17, 15) is 0 Å². The number of aromatic nitrogens is 2. The number of nitrogens with one attached hydrogen (secondary N) is 1. The molecule has 152 valence electrons. The first-order valence-corrected chi connectivity index (χ1v) is 11.1. The zero-order chi connectivity index (χ0) is 19.8. The molecule has 7 heteroatoms. The van der Waals surface area contributed by atoms with Crippen LogP contribution in [0.5, 0.6) is 0 Å². The molecule has 3 rings (SSSR count). The highest BCUT2D eigenvalue weighted by atomic mass is 32.2. The normalized spacial score (nSPS) is 17.8. The standard InChI is InChI=1S/C21H31N5OS/c1-4-22-21(23-9-12-28-16-18-7-5-17(2)6-8-18)26-10-11-27-20(15-26)19-13-24-25(3)14-19/h5-8,13-14,20H,4,9-12,15-16H2,1-3H3,(H,22,23). The van der Waals surface area contributed by atoms with Gasteiger partial charge in [0, 0.05) is 43.4 Å². The Morgan fingerprint density at radius 1 is 1.36 bits per heavy atom. The number of ether oxygens (including phenoxy) is 1. The number of guanidine groups is 1. The molecule has 1 aromatic carbocycles. The molecule has 0 radical (unpaired) electrons. The van der Waals surface area contributed by atoms with Crippen LogP contribution in [-0.2, 0) is 17.5 Å². The lowest BCUT2D eigenvalue weighted by atomic mass is 10.1. The lowest BCUT2D eigenvalue weighted by Crippen LogP contribution is -2.48. The van der Waals surface area contributed by atoms with Crippen molar-refractivity contribution in [2.24, 2.45) is 12.0 Å². The van der Waals surface area contributed by atoms with Crippen molar-refractivity contribution in [3.8, 4) is 0 Å². The van der Waals surface area contributed by atoms with Crippen molar-refractivity contribution in [2.75, 3.05) is 38.5 Å². The van der Waals surface area contributed by atoms with Crippen LogP contribution in [0.2, 0.25) is 0 Å². The van der Waals surface area contributed by atoms with Gasteiger partial charge in [-0.15, -0.1) is 0 Å². The van der Waals surface area contributed by atoms with Crippen LogP contribution in [0, 0.1) is 6.92 Å². The smallest absolute Gasteiger partial charge is 0.194 e. The third kappa shape index (κ3) is 6.01. The van der Waals surface area contributed by atoms with Gasteiger partial charge in [0.2, 0.25) is 0 Å². The second kappa shape index (κ2) is 10.5. The zero-order valence-electron chi connectivity index (χ0n) is 17.1. The lowest BCUT2D eigenvalue weighted by molar-refractivity contribution is -0.00802. The number of hydrogen-bond donors (Lipinski definition) is 1. The number of thioether (sulfide) groups is 1. The first kappa shape index (κ1) is 20.7. The SMILES string of the molecule is CCNC(=NCCSCc1ccc(C)cc1)N1CCOC(c2cnn(C)c2)C1. The Bertz CT molecular complexity index is 758. The maximum Gasteiger partial charge on any atom is 0.194 e. The number of rotatable bonds is 7. The minimum Gasteiger partial charge on any atom is -0.370 e. The van der Waals surface area contributed by atoms with Gasteiger partial charge in [-0.1, -0.05) is 29.8 Å². The molecular weight excluding hydrogens is 370 g/mol. The summed E-state index contributed by atoms with van der Waals surface area (Å²) in [5.74, 6) is 3.03. The first-order valence-electron chi connectivity index (χ1n) is 9.92. The third-order valence-electron chi connectivity index (χ3n) is 4.68. The van der Waals surface area contributed by atoms with Gasteiger partial charge in [-0.05, 0) is 19.4 Å². The van der Waals surface area contributed by atoms with Crippen LogP contribution >= 0.6 is 11.8 Å². The summed E-state index contributed by atoms with van der Waals surface area (Å²) >= 11 is 1.93. The minimum absolute atomic E-state index is 0.0437. The predicted molar refractivity (Wildman–Crippen MR) is 117 cm³/mol. The molecule has 0 amide bonds. The molecule has 0 bridgehead atoms. The van der Waals surface area contributed by atoms with Crippen molar-refractivity contribution in [3.63, 3.8) is 0 Å². The van der Waals surface area contributed by atoms with Crippen LogP contribution in [-0.4, -0.2) is 59.2 Å². The molecule has 1 fully saturated rings. The molecule has 1 atom stereocenters. The van der Waals surface area contributed by atoms with Crippen LogP contribution < -0.4 is 5.32 Å². The maximum atomic E-state index is 5.95. The van der Waals surface area contributed by atoms with Crippen LogP contribution in [0.15, 0.2) is 41.7 Å². The molecule has 6 nitrogen and oxygen atoms in total. The summed E-state index contributed by atoms with van der Waals surface area (Å²) in [6, 6.07) is 8.77. The van der Waals surface area contributed by atoms with Gasteiger partial charge in [-0.3, -0.25) is 9.67 Å². The van der Waals surface area contributed by atoms with E-state index in [1.807, 2.05) is 35.9 Å². The number of aryl methyl sites for hydroxylation is 2. The monoisotopic (exact) mass is 401 g/mol. The van der Waals surface area contributed by atoms with Gasteiger partial charge in [0.1, 0.15) is 6.10 Å². The van der Waals surface area contributed by atoms with Gasteiger partial charge >= 0.3 is 0 Å². The number of benzene rings is 1. The van der Waals surface area contributed by atoms with E-state index in [1.165, 1.54) is 11.1 Å². The Morgan fingerprint density at radius 3 is 2.89 bits per heavy atom. The number of morpholine rings is 1. The van der Waals surface area contributed by atoms with Crippen molar-refractivity contribution in [2.45, 2.75) is 25.7 Å². The lowest BCUT2D eigenvalue weighted by Gasteiger charge is -2.34. The molecule has 2 aromatic rings. The van der Waals surface area contributed by atoms with Crippen LogP contribution in [0.4, 0.5) is 0 Å². The fourth-order valence-electron chi connectivity index (χ4n) is 3.17. The summed E-state index contributed by atoms with van der Waals surface area (Å²) in [6.07, 6.45) is 3.96. The van der Waals surface area contributed by atoms with Crippen LogP contribution in [0.25, 0.3) is 0 Å². The molecule has 1 saturated heterocycles. The Hall–Kier alpha value is -1.99. The van der Waals surface area contributed by atoms with Crippen LogP contribution in [0.1, 0.15) is 29.7 Å². The van der Waals surface area contributed by atoms with Gasteiger partial charge < -0.3 is 15.0 Å². The fourth-order valence-corrected chi connectivity index (χ4v) is 3.96. The average Bonchev–Trinajstić information content (AvgIpc) is 3.15. The van der Waals surface area contributed by atoms with Crippen molar-refractivity contribution in [3.05, 3.63) is 53.3 Å². The molecule has 1 aliphatic heterocycles. The summed E-state index contributed by atoms with van der Waals surface area (Å²) in [7, 11) is 1.93. The van der Waals surface area contributed by atoms with Crippen molar-refractivity contribution in [1.82, 2.24) is 20.0 Å². The molecule has 1 aliphatic rings. The highest BCUT2D eigenvalue weighted by Gasteiger charge is 2.25. The van der Waals surface area contributed by atoms with E-state index < -0.39 is 0 Å². The number of aliphatic imine (C=N–C) groups is 1. The Kier molecular flexibility index (Phi) is 7.80. The van der Waals surface area contributed by atoms with Crippen molar-refractivity contribution < 1.29 is 4.74 Å². The second-order valence-electron chi connectivity index (χ2n) is 7.03. The average molecular weight is 402 g/mol. The highest BCUT2D eigenvalue weighted by Crippen LogP contribution is 2.21. The summed E-state index contributed by atoms with van der Waals surface area (Å²) in [5.41, 5.74) is 3.81. The fraction of sp³-hybridized carbons (Fsp3) is 0.524. The molecule has 1 aromatic heterocycles. The third-order valence-corrected chi connectivity index (χ3v) is 5.69. The Morgan fingerprint density at radius 2 is 2.18 bits per heavy atom. The summed E-state index contributed by atoms with van der Waals surface area (Å²) in [6.45, 7) is 8.27. The van der Waals surface area contributed by atoms with Crippen molar-refractivity contribution in [1.29, 1.82) is 0 Å². The summed E-state index contributed by atoms with van der Waals surface area (Å²) in [5, 5.41) is 7.70. The van der Waals surface area contributed by atoms with E-state index in [4.69, 9.17) is 9.73 Å². The Labute approximate surface area is 172 Å². The zero-order valence-corrected chi connectivity index (χ0v) is 17.9. The molecule has 0 spiro atoms. The maximum absolute atomic E-state index is 5.95. The Balaban J connectivity index is 1.50. The van der Waals surface area contributed by atoms with E-state index in [0.717, 1.165) is 49.2 Å². The van der Waals surface area contributed by atoms with Gasteiger partial charge in [-0.2, -0.15) is 16.9 Å². The van der Waals surface area contributed by atoms with Gasteiger partial charge in [0.25, 0.3) is 0 Å². The van der Waals surface area contributed by atoms with Gasteiger partial charge in [0.05, 0.1) is 25.9 Å². The largest absolute Gasteiger partial charge is 0.370 e. The molecule has 1 N–H and O–H groups in total. The second-order valence-corrected chi connectivity index (χ2v) is 8.13. The van der Waals surface area contributed by atoms with Crippen LogP contribution in [0.3, 0.4) is 0 Å². The predicted octanol–water partition coefficient (Wildman–Crippen LogP) is 3.00. The highest BCUT2D eigenvalue weighted by molar-refractivity contribution is 7.98. The van der Waals surface area contributed by atoms with Crippen molar-refractivity contribution >= 4 is 17.7 Å². The van der Waals surface area contributed by atoms with Gasteiger partial charge in [-0.25, -0.2) is 0 Å². The molecule has 28 heavy (non-hydrogen) atoms. The van der Waals surface area contributed by atoms with E-state index in [0.29, 0.717) is 6.61 Å². The molecule has 2 heterocycles. The van der Waals surface area contributed by atoms with E-state index >= 15 is 0 Å². The summed E-state index contributed by atoms with van der Waals surface area (Å²) in [4.78, 5) is 7.15. The number of nitrogens with zero attached hydrogens (tertiary/aromatic N) is 4. The minimum atomic E-state index is 0.0437. The molecular formula is C21H31N5OS. The molecule has 0 saturated carbocycles. The summed E-state index contributed by atoms with van der Waals surface area (Å²) < 4.78 is 7.78. The quantitative estimate of drug-likeness (QED) is 0.439. The molecule has 1 unspecified atom stereocenters. The number of hydrogen-bond acceptors (Lipinski definition) is 4. The van der Waals surface area contributed by atoms with E-state index in [-0.39, 0.29) is 6.10 Å². The van der Waals surface area contributed by atoms with E-state index in [1.54, 1.807) is 0 Å². The topological polar surface area (TPSA) is 54.7 Å². The van der Waals surface area contributed by atoms with E-state index in [2.05, 4.69) is 53.4 Å². The van der Waals surface area contributed by atoms with Gasteiger partial charge in [0.15, 0.2) is 5.96 Å². The molecule has 0 aliphatic carbocycles. The first-order chi connectivity index (χ1) is 13.7.